The molecule has 0 unspecified atom stereocenters. The maximum absolute atomic E-state index is 12.9. The molecule has 0 radical (unpaired) electrons. The zero-order valence-corrected chi connectivity index (χ0v) is 15.5. The van der Waals surface area contributed by atoms with Crippen molar-refractivity contribution < 1.29 is 27.5 Å². The highest BCUT2D eigenvalue weighted by Crippen LogP contribution is 2.34. The number of benzene rings is 2. The first-order valence-electron chi connectivity index (χ1n) is 8.37. The van der Waals surface area contributed by atoms with Crippen LogP contribution in [0.15, 0.2) is 53.6 Å². The summed E-state index contributed by atoms with van der Waals surface area (Å²) in [5.41, 5.74) is -0.233. The zero-order valence-electron chi connectivity index (χ0n) is 14.7. The fraction of sp³-hybridized carbons (Fsp3) is 0.200. The molecule has 8 heteroatoms. The van der Waals surface area contributed by atoms with Gasteiger partial charge < -0.3 is 4.74 Å². The number of nitrogens with zero attached hydrogens (tertiary/aromatic N) is 1. The third kappa shape index (κ3) is 3.89. The van der Waals surface area contributed by atoms with Crippen molar-refractivity contribution in [3.05, 3.63) is 70.3 Å². The molecule has 0 N–H and O–H groups in total. The Kier molecular flexibility index (Phi) is 5.47. The van der Waals surface area contributed by atoms with Crippen LogP contribution in [0, 0.1) is 0 Å². The number of hydrogen-bond acceptors (Lipinski definition) is 3. The van der Waals surface area contributed by atoms with Crippen LogP contribution in [0.25, 0.3) is 5.57 Å². The van der Waals surface area contributed by atoms with Gasteiger partial charge in [0.05, 0.1) is 24.3 Å². The summed E-state index contributed by atoms with van der Waals surface area (Å²) in [4.78, 5) is 26.0. The van der Waals surface area contributed by atoms with Crippen LogP contribution in [-0.2, 0) is 22.3 Å². The van der Waals surface area contributed by atoms with Crippen LogP contribution in [0.2, 0.25) is 0 Å². The van der Waals surface area contributed by atoms with Crippen LogP contribution in [0.5, 0.6) is 5.75 Å². The van der Waals surface area contributed by atoms with Crippen LogP contribution < -0.4 is 4.74 Å². The second kappa shape index (κ2) is 7.67. The van der Waals surface area contributed by atoms with E-state index >= 15 is 0 Å². The average Bonchev–Trinajstić information content (AvgIpc) is 2.86. The average molecular weight is 410 g/mol. The van der Waals surface area contributed by atoms with Gasteiger partial charge in [-0.1, -0.05) is 35.9 Å². The Morgan fingerprint density at radius 3 is 2.32 bits per heavy atom. The summed E-state index contributed by atoms with van der Waals surface area (Å²) >= 11 is 6.08. The number of amides is 2. The molecule has 0 atom stereocenters. The Morgan fingerprint density at radius 1 is 1.04 bits per heavy atom. The van der Waals surface area contributed by atoms with Crippen molar-refractivity contribution in [2.45, 2.75) is 19.6 Å². The van der Waals surface area contributed by atoms with Crippen molar-refractivity contribution in [1.29, 1.82) is 0 Å². The minimum absolute atomic E-state index is 0.0155. The number of imide groups is 1. The molecule has 2 aromatic rings. The summed E-state index contributed by atoms with van der Waals surface area (Å²) in [5, 5.41) is -0.263. The van der Waals surface area contributed by atoms with Gasteiger partial charge in [0.15, 0.2) is 0 Å². The molecule has 2 amide bonds. The zero-order chi connectivity index (χ0) is 20.5. The maximum Gasteiger partial charge on any atom is 0.416 e. The quantitative estimate of drug-likeness (QED) is 0.677. The molecule has 4 nitrogen and oxygen atoms in total. The normalized spacial score (nSPS) is 14.8. The molecule has 1 aliphatic rings. The third-order valence-electron chi connectivity index (χ3n) is 4.16. The number of hydrogen-bond donors (Lipinski definition) is 0. The minimum atomic E-state index is -4.52. The highest BCUT2D eigenvalue weighted by atomic mass is 35.5. The highest BCUT2D eigenvalue weighted by Gasteiger charge is 2.38. The molecule has 2 aromatic carbocycles. The second-order valence-corrected chi connectivity index (χ2v) is 6.42. The van der Waals surface area contributed by atoms with Gasteiger partial charge in [0.25, 0.3) is 11.8 Å². The lowest BCUT2D eigenvalue weighted by atomic mass is 10.1. The first kappa shape index (κ1) is 19.9. The summed E-state index contributed by atoms with van der Waals surface area (Å²) in [5.74, 6) is -0.801. The van der Waals surface area contributed by atoms with Gasteiger partial charge in [0.2, 0.25) is 0 Å². The van der Waals surface area contributed by atoms with Crippen LogP contribution in [0.3, 0.4) is 0 Å². The lowest BCUT2D eigenvalue weighted by molar-refractivity contribution is -0.137. The van der Waals surface area contributed by atoms with Crippen molar-refractivity contribution in [1.82, 2.24) is 4.90 Å². The number of rotatable bonds is 5. The van der Waals surface area contributed by atoms with E-state index in [-0.39, 0.29) is 22.7 Å². The monoisotopic (exact) mass is 409 g/mol. The number of carbonyl (C=O) groups excluding carboxylic acids is 2. The Morgan fingerprint density at radius 2 is 1.71 bits per heavy atom. The van der Waals surface area contributed by atoms with E-state index in [9.17, 15) is 22.8 Å². The molecule has 0 saturated carbocycles. The van der Waals surface area contributed by atoms with E-state index in [0.717, 1.165) is 17.0 Å². The summed E-state index contributed by atoms with van der Waals surface area (Å²) in [6, 6.07) is 11.0. The summed E-state index contributed by atoms with van der Waals surface area (Å²) < 4.78 is 44.0. The van der Waals surface area contributed by atoms with Gasteiger partial charge in [-0.15, -0.1) is 0 Å². The maximum atomic E-state index is 12.9. The highest BCUT2D eigenvalue weighted by molar-refractivity contribution is 6.55. The topological polar surface area (TPSA) is 46.6 Å². The van der Waals surface area contributed by atoms with Crippen molar-refractivity contribution in [3.8, 4) is 5.75 Å². The number of alkyl halides is 3. The van der Waals surface area contributed by atoms with Crippen molar-refractivity contribution in [2.24, 2.45) is 0 Å². The molecule has 3 rings (SSSR count). The van der Waals surface area contributed by atoms with Crippen LogP contribution in [-0.4, -0.2) is 23.3 Å². The van der Waals surface area contributed by atoms with Crippen molar-refractivity contribution in [3.63, 3.8) is 0 Å². The van der Waals surface area contributed by atoms with Gasteiger partial charge in [-0.2, -0.15) is 13.2 Å². The van der Waals surface area contributed by atoms with E-state index in [1.54, 1.807) is 24.3 Å². The number of carbonyl (C=O) groups is 2. The van der Waals surface area contributed by atoms with Gasteiger partial charge >= 0.3 is 6.18 Å². The van der Waals surface area contributed by atoms with E-state index in [1.165, 1.54) is 12.1 Å². The molecule has 0 aliphatic carbocycles. The van der Waals surface area contributed by atoms with Crippen molar-refractivity contribution >= 4 is 29.0 Å². The Labute approximate surface area is 164 Å². The summed E-state index contributed by atoms with van der Waals surface area (Å²) in [6.45, 7) is 2.00. The van der Waals surface area contributed by atoms with Gasteiger partial charge in [0.1, 0.15) is 10.8 Å². The van der Waals surface area contributed by atoms with E-state index in [1.807, 2.05) is 6.92 Å². The fourth-order valence-corrected chi connectivity index (χ4v) is 3.15. The first-order valence-corrected chi connectivity index (χ1v) is 8.75. The predicted molar refractivity (Wildman–Crippen MR) is 97.4 cm³/mol. The molecule has 0 saturated heterocycles. The van der Waals surface area contributed by atoms with E-state index in [4.69, 9.17) is 16.3 Å². The van der Waals surface area contributed by atoms with Gasteiger partial charge in [-0.25, -0.2) is 0 Å². The van der Waals surface area contributed by atoms with Gasteiger partial charge in [-0.3, -0.25) is 14.5 Å². The standard InChI is InChI=1S/C20H15ClF3NO3/c1-2-28-15-8-6-13(7-9-15)16-17(21)19(27)25(18(16)26)11-12-4-3-5-14(10-12)20(22,23)24/h3-10H,2,11H2,1H3. The van der Waals surface area contributed by atoms with Crippen LogP contribution in [0.1, 0.15) is 23.6 Å². The third-order valence-corrected chi connectivity index (χ3v) is 4.51. The minimum Gasteiger partial charge on any atom is -0.494 e. The number of halogens is 4. The number of ether oxygens (including phenoxy) is 1. The SMILES string of the molecule is CCOc1ccc(C2=C(Cl)C(=O)N(Cc3cccc(C(F)(F)F)c3)C2=O)cc1. The fourth-order valence-electron chi connectivity index (χ4n) is 2.85. The molecule has 0 spiro atoms. The van der Waals surface area contributed by atoms with Gasteiger partial charge in [0, 0.05) is 0 Å². The van der Waals surface area contributed by atoms with E-state index < -0.39 is 23.6 Å². The molecule has 28 heavy (non-hydrogen) atoms. The largest absolute Gasteiger partial charge is 0.494 e. The first-order chi connectivity index (χ1) is 13.2. The van der Waals surface area contributed by atoms with E-state index in [2.05, 4.69) is 0 Å². The van der Waals surface area contributed by atoms with Crippen LogP contribution in [0.4, 0.5) is 13.2 Å². The predicted octanol–water partition coefficient (Wildman–Crippen LogP) is 4.62. The summed E-state index contributed by atoms with van der Waals surface area (Å²) in [7, 11) is 0. The summed E-state index contributed by atoms with van der Waals surface area (Å²) in [6.07, 6.45) is -4.52. The molecular formula is C20H15ClF3NO3. The Hall–Kier alpha value is -2.80. The lowest BCUT2D eigenvalue weighted by Crippen LogP contribution is -2.30. The smallest absolute Gasteiger partial charge is 0.416 e. The molecule has 1 aliphatic heterocycles. The molecule has 0 bridgehead atoms. The van der Waals surface area contributed by atoms with Gasteiger partial charge in [-0.05, 0) is 42.3 Å². The Balaban J connectivity index is 1.85. The Bertz CT molecular complexity index is 952. The lowest BCUT2D eigenvalue weighted by Gasteiger charge is -2.16. The molecule has 0 fully saturated rings. The molecule has 0 aromatic heterocycles. The van der Waals surface area contributed by atoms with Crippen LogP contribution >= 0.6 is 11.6 Å². The molecule has 1 heterocycles. The van der Waals surface area contributed by atoms with Crippen molar-refractivity contribution in [2.75, 3.05) is 6.61 Å². The van der Waals surface area contributed by atoms with E-state index in [0.29, 0.717) is 17.9 Å². The molecular weight excluding hydrogens is 395 g/mol. The second-order valence-electron chi connectivity index (χ2n) is 6.04. The molecule has 146 valence electrons.